The highest BCUT2D eigenvalue weighted by Gasteiger charge is 2.12. The highest BCUT2D eigenvalue weighted by molar-refractivity contribution is 5.96. The minimum Gasteiger partial charge on any atom is -0.383 e. The fraction of sp³-hybridized carbons (Fsp3) is 0.267. The number of amides is 1. The van der Waals surface area contributed by atoms with Gasteiger partial charge in [0.05, 0.1) is 18.8 Å². The SMILES string of the molecule is NC(=O)c1cnc(Nc2ccc(N3CCOCC3)cc2)nc1N. The first-order chi connectivity index (χ1) is 11.1. The molecule has 8 heteroatoms. The predicted molar refractivity (Wildman–Crippen MR) is 87.7 cm³/mol. The van der Waals surface area contributed by atoms with E-state index in [1.54, 1.807) is 0 Å². The van der Waals surface area contributed by atoms with E-state index in [1.165, 1.54) is 6.20 Å². The molecule has 1 saturated heterocycles. The maximum absolute atomic E-state index is 11.1. The molecule has 2 aromatic rings. The fourth-order valence-corrected chi connectivity index (χ4v) is 2.35. The molecule has 0 unspecified atom stereocenters. The smallest absolute Gasteiger partial charge is 0.254 e. The van der Waals surface area contributed by atoms with E-state index in [-0.39, 0.29) is 11.4 Å². The molecule has 23 heavy (non-hydrogen) atoms. The van der Waals surface area contributed by atoms with E-state index in [4.69, 9.17) is 16.2 Å². The van der Waals surface area contributed by atoms with Crippen molar-refractivity contribution in [3.63, 3.8) is 0 Å². The second kappa shape index (κ2) is 6.49. The van der Waals surface area contributed by atoms with Gasteiger partial charge in [0.15, 0.2) is 0 Å². The summed E-state index contributed by atoms with van der Waals surface area (Å²) in [5.74, 6) is -0.282. The minimum absolute atomic E-state index is 0.0555. The molecule has 0 bridgehead atoms. The molecule has 1 fully saturated rings. The second-order valence-corrected chi connectivity index (χ2v) is 5.13. The molecule has 1 aromatic heterocycles. The molecular weight excluding hydrogens is 296 g/mol. The first-order valence-corrected chi connectivity index (χ1v) is 7.25. The zero-order chi connectivity index (χ0) is 16.2. The summed E-state index contributed by atoms with van der Waals surface area (Å²) in [5, 5.41) is 3.04. The number of morpholine rings is 1. The summed E-state index contributed by atoms with van der Waals surface area (Å²) in [6, 6.07) is 7.92. The van der Waals surface area contributed by atoms with Gasteiger partial charge in [-0.2, -0.15) is 4.98 Å². The van der Waals surface area contributed by atoms with Gasteiger partial charge in [-0.25, -0.2) is 4.98 Å². The number of hydrogen-bond donors (Lipinski definition) is 3. The molecule has 1 aliphatic rings. The Hall–Kier alpha value is -2.87. The van der Waals surface area contributed by atoms with Gasteiger partial charge >= 0.3 is 0 Å². The van der Waals surface area contributed by atoms with Crippen molar-refractivity contribution in [2.45, 2.75) is 0 Å². The van der Waals surface area contributed by atoms with Crippen LogP contribution in [0.25, 0.3) is 0 Å². The van der Waals surface area contributed by atoms with Gasteiger partial charge in [-0.15, -0.1) is 0 Å². The molecule has 5 N–H and O–H groups in total. The third-order valence-corrected chi connectivity index (χ3v) is 3.58. The van der Waals surface area contributed by atoms with E-state index in [2.05, 4.69) is 20.2 Å². The lowest BCUT2D eigenvalue weighted by molar-refractivity contribution is 0.100. The van der Waals surface area contributed by atoms with Crippen molar-refractivity contribution in [3.8, 4) is 0 Å². The molecule has 0 spiro atoms. The zero-order valence-corrected chi connectivity index (χ0v) is 12.5. The molecule has 1 aliphatic heterocycles. The summed E-state index contributed by atoms with van der Waals surface area (Å²) in [6.07, 6.45) is 1.31. The molecule has 0 radical (unpaired) electrons. The first kappa shape index (κ1) is 15.0. The molecule has 8 nitrogen and oxygen atoms in total. The summed E-state index contributed by atoms with van der Waals surface area (Å²) in [4.78, 5) is 21.4. The molecule has 1 amide bonds. The predicted octanol–water partition coefficient (Wildman–Crippen LogP) is 0.738. The Morgan fingerprint density at radius 2 is 1.91 bits per heavy atom. The summed E-state index contributed by atoms with van der Waals surface area (Å²) in [6.45, 7) is 3.28. The molecule has 1 aromatic carbocycles. The van der Waals surface area contributed by atoms with Crippen LogP contribution in [0.5, 0.6) is 0 Å². The molecule has 0 saturated carbocycles. The monoisotopic (exact) mass is 314 g/mol. The number of carbonyl (C=O) groups excluding carboxylic acids is 1. The summed E-state index contributed by atoms with van der Waals surface area (Å²) < 4.78 is 5.35. The molecule has 0 atom stereocenters. The topological polar surface area (TPSA) is 119 Å². The van der Waals surface area contributed by atoms with Crippen molar-refractivity contribution < 1.29 is 9.53 Å². The average Bonchev–Trinajstić information content (AvgIpc) is 2.56. The number of anilines is 4. The number of hydrogen-bond acceptors (Lipinski definition) is 7. The van der Waals surface area contributed by atoms with Gasteiger partial charge in [0.25, 0.3) is 5.91 Å². The quantitative estimate of drug-likeness (QED) is 0.761. The Morgan fingerprint density at radius 1 is 1.22 bits per heavy atom. The lowest BCUT2D eigenvalue weighted by atomic mass is 10.2. The third-order valence-electron chi connectivity index (χ3n) is 3.58. The summed E-state index contributed by atoms with van der Waals surface area (Å²) in [5.41, 5.74) is 12.9. The number of benzene rings is 1. The molecule has 0 aliphatic carbocycles. The lowest BCUT2D eigenvalue weighted by Gasteiger charge is -2.28. The third kappa shape index (κ3) is 3.49. The highest BCUT2D eigenvalue weighted by Crippen LogP contribution is 2.21. The van der Waals surface area contributed by atoms with Crippen LogP contribution >= 0.6 is 0 Å². The second-order valence-electron chi connectivity index (χ2n) is 5.13. The zero-order valence-electron chi connectivity index (χ0n) is 12.5. The summed E-state index contributed by atoms with van der Waals surface area (Å²) >= 11 is 0. The van der Waals surface area contributed by atoms with Gasteiger partial charge in [-0.1, -0.05) is 0 Å². The fourth-order valence-electron chi connectivity index (χ4n) is 2.35. The Kier molecular flexibility index (Phi) is 4.24. The van der Waals surface area contributed by atoms with Crippen LogP contribution < -0.4 is 21.7 Å². The maximum Gasteiger partial charge on any atom is 0.254 e. The molecular formula is C15H18N6O2. The molecule has 2 heterocycles. The van der Waals surface area contributed by atoms with Crippen LogP contribution in [0.2, 0.25) is 0 Å². The number of aromatic nitrogens is 2. The standard InChI is InChI=1S/C15H18N6O2/c16-13-12(14(17)22)9-18-15(20-13)19-10-1-3-11(4-2-10)21-5-7-23-8-6-21/h1-4,9H,5-8H2,(H2,17,22)(H3,16,18,19,20). The van der Waals surface area contributed by atoms with E-state index in [0.717, 1.165) is 37.7 Å². The van der Waals surface area contributed by atoms with Crippen LogP contribution in [0.4, 0.5) is 23.1 Å². The van der Waals surface area contributed by atoms with Crippen molar-refractivity contribution >= 4 is 29.0 Å². The van der Waals surface area contributed by atoms with Crippen molar-refractivity contribution in [1.29, 1.82) is 0 Å². The van der Waals surface area contributed by atoms with Gasteiger partial charge in [-0.05, 0) is 24.3 Å². The van der Waals surface area contributed by atoms with Crippen molar-refractivity contribution in [1.82, 2.24) is 9.97 Å². The van der Waals surface area contributed by atoms with E-state index in [1.807, 2.05) is 24.3 Å². The number of nitrogen functional groups attached to an aromatic ring is 1. The van der Waals surface area contributed by atoms with Gasteiger partial charge < -0.3 is 26.4 Å². The minimum atomic E-state index is -0.649. The van der Waals surface area contributed by atoms with E-state index in [9.17, 15) is 4.79 Å². The number of nitrogens with two attached hydrogens (primary N) is 2. The average molecular weight is 314 g/mol. The van der Waals surface area contributed by atoms with Crippen LogP contribution in [-0.2, 0) is 4.74 Å². The normalized spacial score (nSPS) is 14.5. The number of nitrogens with one attached hydrogen (secondary N) is 1. The van der Waals surface area contributed by atoms with Crippen LogP contribution in [0.1, 0.15) is 10.4 Å². The van der Waals surface area contributed by atoms with Crippen LogP contribution in [0, 0.1) is 0 Å². The van der Waals surface area contributed by atoms with Gasteiger partial charge in [-0.3, -0.25) is 4.79 Å². The van der Waals surface area contributed by atoms with Crippen molar-refractivity contribution in [2.24, 2.45) is 5.73 Å². The van der Waals surface area contributed by atoms with Crippen LogP contribution in [0.15, 0.2) is 30.5 Å². The number of primary amides is 1. The highest BCUT2D eigenvalue weighted by atomic mass is 16.5. The van der Waals surface area contributed by atoms with Gasteiger partial charge in [0.2, 0.25) is 5.95 Å². The van der Waals surface area contributed by atoms with Gasteiger partial charge in [0, 0.05) is 30.7 Å². The largest absolute Gasteiger partial charge is 0.383 e. The van der Waals surface area contributed by atoms with E-state index in [0.29, 0.717) is 5.95 Å². The number of ether oxygens (including phenoxy) is 1. The number of nitrogens with zero attached hydrogens (tertiary/aromatic N) is 3. The molecule has 3 rings (SSSR count). The van der Waals surface area contributed by atoms with Crippen molar-refractivity contribution in [3.05, 3.63) is 36.0 Å². The Labute approximate surface area is 133 Å². The molecule has 120 valence electrons. The van der Waals surface area contributed by atoms with Gasteiger partial charge in [0.1, 0.15) is 5.82 Å². The lowest BCUT2D eigenvalue weighted by Crippen LogP contribution is -2.36. The number of rotatable bonds is 4. The van der Waals surface area contributed by atoms with Crippen LogP contribution in [-0.4, -0.2) is 42.2 Å². The van der Waals surface area contributed by atoms with Crippen molar-refractivity contribution in [2.75, 3.05) is 42.3 Å². The maximum atomic E-state index is 11.1. The Balaban J connectivity index is 1.70. The Morgan fingerprint density at radius 3 is 2.52 bits per heavy atom. The summed E-state index contributed by atoms with van der Waals surface area (Å²) in [7, 11) is 0. The van der Waals surface area contributed by atoms with E-state index < -0.39 is 5.91 Å². The Bertz CT molecular complexity index is 698. The van der Waals surface area contributed by atoms with E-state index >= 15 is 0 Å². The first-order valence-electron chi connectivity index (χ1n) is 7.25. The van der Waals surface area contributed by atoms with Crippen LogP contribution in [0.3, 0.4) is 0 Å². The number of carbonyl (C=O) groups is 1.